The van der Waals surface area contributed by atoms with E-state index in [-0.39, 0.29) is 19.0 Å². The number of thiazole rings is 1. The lowest BCUT2D eigenvalue weighted by Crippen LogP contribution is -2.19. The van der Waals surface area contributed by atoms with Gasteiger partial charge < -0.3 is 9.30 Å². The number of nitrogens with zero attached hydrogens (tertiary/aromatic N) is 2. The Morgan fingerprint density at radius 1 is 1.32 bits per heavy atom. The van der Waals surface area contributed by atoms with E-state index in [1.54, 1.807) is 22.8 Å². The summed E-state index contributed by atoms with van der Waals surface area (Å²) in [5.41, 5.74) is 1.85. The zero-order chi connectivity index (χ0) is 17.8. The highest BCUT2D eigenvalue weighted by Crippen LogP contribution is 2.18. The monoisotopic (exact) mass is 354 g/mol. The molecule has 0 unspecified atom stereocenters. The van der Waals surface area contributed by atoms with Gasteiger partial charge in [-0.25, -0.2) is 4.39 Å². The van der Waals surface area contributed by atoms with Gasteiger partial charge in [0, 0.05) is 0 Å². The van der Waals surface area contributed by atoms with Crippen LogP contribution < -0.4 is 9.54 Å². The van der Waals surface area contributed by atoms with Gasteiger partial charge in [0.2, 0.25) is 0 Å². The molecule has 0 radical (unpaired) electrons. The van der Waals surface area contributed by atoms with Crippen molar-refractivity contribution in [2.24, 2.45) is 4.99 Å². The van der Waals surface area contributed by atoms with E-state index >= 15 is 0 Å². The second kappa shape index (κ2) is 7.32. The van der Waals surface area contributed by atoms with Crippen molar-refractivity contribution in [3.63, 3.8) is 0 Å². The fourth-order valence-electron chi connectivity index (χ4n) is 2.29. The van der Waals surface area contributed by atoms with Gasteiger partial charge in [0.15, 0.2) is 11.4 Å². The van der Waals surface area contributed by atoms with E-state index in [1.807, 2.05) is 19.1 Å². The number of hydrogen-bond donors (Lipinski definition) is 0. The molecule has 0 saturated heterocycles. The van der Waals surface area contributed by atoms with E-state index in [2.05, 4.69) is 10.9 Å². The van der Waals surface area contributed by atoms with E-state index in [0.29, 0.717) is 15.3 Å². The smallest absolute Gasteiger partial charge is 0.286 e. The third-order valence-corrected chi connectivity index (χ3v) is 4.54. The van der Waals surface area contributed by atoms with Crippen LogP contribution in [-0.2, 0) is 11.3 Å². The number of aryl methyl sites for hydroxylation is 1. The highest BCUT2D eigenvalue weighted by Gasteiger charge is 2.09. The number of carbonyl (C=O) groups excluding carboxylic acids is 1. The van der Waals surface area contributed by atoms with Crippen LogP contribution in [0.4, 0.5) is 4.39 Å². The van der Waals surface area contributed by atoms with Gasteiger partial charge >= 0.3 is 0 Å². The summed E-state index contributed by atoms with van der Waals surface area (Å²) in [6, 6.07) is 11.8. The van der Waals surface area contributed by atoms with Gasteiger partial charge in [0.05, 0.1) is 16.8 Å². The van der Waals surface area contributed by atoms with Crippen LogP contribution in [0, 0.1) is 25.1 Å². The average molecular weight is 354 g/mol. The van der Waals surface area contributed by atoms with Crippen LogP contribution in [0.25, 0.3) is 10.2 Å². The van der Waals surface area contributed by atoms with Crippen LogP contribution >= 0.6 is 11.3 Å². The lowest BCUT2D eigenvalue weighted by Gasteiger charge is -2.03. The number of benzene rings is 2. The summed E-state index contributed by atoms with van der Waals surface area (Å²) in [7, 11) is 0. The molecule has 25 heavy (non-hydrogen) atoms. The van der Waals surface area contributed by atoms with Gasteiger partial charge in [0.25, 0.3) is 5.91 Å². The first-order chi connectivity index (χ1) is 12.1. The topological polar surface area (TPSA) is 43.6 Å². The van der Waals surface area contributed by atoms with Gasteiger partial charge in [-0.05, 0) is 37.3 Å². The van der Waals surface area contributed by atoms with Crippen molar-refractivity contribution in [1.82, 2.24) is 4.57 Å². The van der Waals surface area contributed by atoms with Crippen LogP contribution in [0.3, 0.4) is 0 Å². The van der Waals surface area contributed by atoms with Gasteiger partial charge in [-0.1, -0.05) is 35.0 Å². The van der Waals surface area contributed by atoms with Crippen LogP contribution in [0.5, 0.6) is 5.75 Å². The number of terminal acetylenes is 1. The molecule has 1 aromatic heterocycles. The number of halogens is 1. The Morgan fingerprint density at radius 2 is 2.08 bits per heavy atom. The Morgan fingerprint density at radius 3 is 2.80 bits per heavy atom. The Labute approximate surface area is 148 Å². The van der Waals surface area contributed by atoms with Crippen LogP contribution in [0.15, 0.2) is 47.5 Å². The molecule has 1 amide bonds. The Balaban J connectivity index is 1.86. The normalized spacial score (nSPS) is 11.5. The average Bonchev–Trinajstić information content (AvgIpc) is 2.91. The Kier molecular flexibility index (Phi) is 4.96. The van der Waals surface area contributed by atoms with Crippen molar-refractivity contribution >= 4 is 27.5 Å². The van der Waals surface area contributed by atoms with E-state index < -0.39 is 5.91 Å². The second-order valence-electron chi connectivity index (χ2n) is 5.39. The maximum atomic E-state index is 13.4. The van der Waals surface area contributed by atoms with Crippen LogP contribution in [-0.4, -0.2) is 17.1 Å². The molecule has 0 atom stereocenters. The molecular weight excluding hydrogens is 339 g/mol. The largest absolute Gasteiger partial charge is 0.484 e. The summed E-state index contributed by atoms with van der Waals surface area (Å²) in [6.45, 7) is 2.04. The summed E-state index contributed by atoms with van der Waals surface area (Å²) in [4.78, 5) is 16.6. The van der Waals surface area contributed by atoms with Crippen molar-refractivity contribution in [3.05, 3.63) is 58.6 Å². The molecule has 0 aliphatic heterocycles. The summed E-state index contributed by atoms with van der Waals surface area (Å²) in [5.74, 6) is 2.35. The van der Waals surface area contributed by atoms with Gasteiger partial charge in [-0.3, -0.25) is 4.79 Å². The molecule has 0 spiro atoms. The number of hydrogen-bond acceptors (Lipinski definition) is 3. The lowest BCUT2D eigenvalue weighted by atomic mass is 10.2. The molecule has 2 aromatic carbocycles. The molecule has 3 rings (SSSR count). The molecule has 0 saturated carbocycles. The maximum Gasteiger partial charge on any atom is 0.286 e. The molecule has 0 fully saturated rings. The summed E-state index contributed by atoms with van der Waals surface area (Å²) in [6.07, 6.45) is 5.40. The standard InChI is InChI=1S/C19H15FN2O2S/c1-3-10-22-16-9-6-14(20)11-17(16)25-19(22)21-18(23)12-24-15-7-4-13(2)5-8-15/h1,4-9,11H,10,12H2,2H3. The molecular formula is C19H15FN2O2S. The lowest BCUT2D eigenvalue weighted by molar-refractivity contribution is -0.120. The molecule has 0 N–H and O–H groups in total. The number of carbonyl (C=O) groups is 1. The van der Waals surface area contributed by atoms with Crippen molar-refractivity contribution in [2.75, 3.05) is 6.61 Å². The first-order valence-electron chi connectivity index (χ1n) is 7.56. The van der Waals surface area contributed by atoms with Crippen molar-refractivity contribution in [1.29, 1.82) is 0 Å². The zero-order valence-electron chi connectivity index (χ0n) is 13.5. The quantitative estimate of drug-likeness (QED) is 0.675. The maximum absolute atomic E-state index is 13.4. The summed E-state index contributed by atoms with van der Waals surface area (Å²) < 4.78 is 21.2. The number of amides is 1. The van der Waals surface area contributed by atoms with E-state index in [4.69, 9.17) is 11.2 Å². The molecule has 126 valence electrons. The molecule has 0 aliphatic carbocycles. The second-order valence-corrected chi connectivity index (χ2v) is 6.40. The van der Waals surface area contributed by atoms with Crippen molar-refractivity contribution in [2.45, 2.75) is 13.5 Å². The highest BCUT2D eigenvalue weighted by molar-refractivity contribution is 7.16. The fourth-order valence-corrected chi connectivity index (χ4v) is 3.37. The van der Waals surface area contributed by atoms with Crippen molar-refractivity contribution < 1.29 is 13.9 Å². The first kappa shape index (κ1) is 16.9. The minimum absolute atomic E-state index is 0.179. The van der Waals surface area contributed by atoms with Gasteiger partial charge in [-0.2, -0.15) is 4.99 Å². The minimum atomic E-state index is -0.432. The zero-order valence-corrected chi connectivity index (χ0v) is 14.3. The predicted octanol–water partition coefficient (Wildman–Crippen LogP) is 3.29. The minimum Gasteiger partial charge on any atom is -0.484 e. The first-order valence-corrected chi connectivity index (χ1v) is 8.38. The third kappa shape index (κ3) is 3.95. The van der Waals surface area contributed by atoms with E-state index in [0.717, 1.165) is 11.1 Å². The van der Waals surface area contributed by atoms with E-state index in [1.165, 1.54) is 23.5 Å². The summed E-state index contributed by atoms with van der Waals surface area (Å²) >= 11 is 1.21. The summed E-state index contributed by atoms with van der Waals surface area (Å²) in [5, 5.41) is 0. The molecule has 3 aromatic rings. The predicted molar refractivity (Wildman–Crippen MR) is 95.9 cm³/mol. The highest BCUT2D eigenvalue weighted by atomic mass is 32.1. The Hall–Kier alpha value is -2.91. The Bertz CT molecular complexity index is 1030. The number of ether oxygens (including phenoxy) is 1. The third-order valence-electron chi connectivity index (χ3n) is 3.50. The fraction of sp³-hybridized carbons (Fsp3) is 0.158. The molecule has 6 heteroatoms. The SMILES string of the molecule is C#CCn1c(=NC(=O)COc2ccc(C)cc2)sc2cc(F)ccc21. The van der Waals surface area contributed by atoms with Crippen LogP contribution in [0.1, 0.15) is 5.56 Å². The van der Waals surface area contributed by atoms with E-state index in [9.17, 15) is 9.18 Å². The molecule has 0 bridgehead atoms. The number of aromatic nitrogens is 1. The molecule has 1 heterocycles. The number of rotatable bonds is 4. The van der Waals surface area contributed by atoms with Gasteiger partial charge in [-0.15, -0.1) is 6.42 Å². The van der Waals surface area contributed by atoms with Crippen LogP contribution in [0.2, 0.25) is 0 Å². The molecule has 4 nitrogen and oxygen atoms in total. The van der Waals surface area contributed by atoms with Crippen molar-refractivity contribution in [3.8, 4) is 18.1 Å². The number of fused-ring (bicyclic) bond motifs is 1. The molecule has 0 aliphatic rings. The van der Waals surface area contributed by atoms with Gasteiger partial charge in [0.1, 0.15) is 11.6 Å².